The number of hydrogen-bond donors (Lipinski definition) is 1. The maximum absolute atomic E-state index is 13.6. The number of nitrogens with zero attached hydrogens (tertiary/aromatic N) is 5. The number of benzene rings is 1. The maximum atomic E-state index is 13.6. The van der Waals surface area contributed by atoms with Crippen molar-refractivity contribution < 1.29 is 22.7 Å². The summed E-state index contributed by atoms with van der Waals surface area (Å²) in [5.74, 6) is 3.29. The van der Waals surface area contributed by atoms with Crippen LogP contribution in [-0.2, 0) is 29.7 Å². The molecule has 190 valence electrons. The number of hydrogen-bond acceptors (Lipinski definition) is 7. The fraction of sp³-hybridized carbons (Fsp3) is 0.391. The molecule has 13 heteroatoms. The Morgan fingerprint density at radius 1 is 1.22 bits per heavy atom. The van der Waals surface area contributed by atoms with E-state index in [1.165, 1.54) is 21.1 Å². The third-order valence-corrected chi connectivity index (χ3v) is 5.74. The van der Waals surface area contributed by atoms with Gasteiger partial charge in [0.05, 0.1) is 19.6 Å². The van der Waals surface area contributed by atoms with Gasteiger partial charge in [0.1, 0.15) is 0 Å². The molecule has 10 nitrogen and oxygen atoms in total. The number of anilines is 1. The molecule has 2 aromatic heterocycles. The monoisotopic (exact) mass is 504 g/mol. The van der Waals surface area contributed by atoms with E-state index >= 15 is 0 Å². The lowest BCUT2D eigenvalue weighted by molar-refractivity contribution is -0.205. The minimum atomic E-state index is -5.17. The lowest BCUT2D eigenvalue weighted by atomic mass is 10.2. The largest absolute Gasteiger partial charge is 0.491 e. The minimum Gasteiger partial charge on any atom is -0.433 e. The van der Waals surface area contributed by atoms with Gasteiger partial charge in [-0.1, -0.05) is 36.3 Å². The van der Waals surface area contributed by atoms with Gasteiger partial charge in [0.15, 0.2) is 17.4 Å². The summed E-state index contributed by atoms with van der Waals surface area (Å²) in [5.41, 5.74) is -0.383. The maximum Gasteiger partial charge on any atom is 0.491 e. The van der Waals surface area contributed by atoms with Crippen molar-refractivity contribution in [2.75, 3.05) is 24.5 Å². The fourth-order valence-corrected chi connectivity index (χ4v) is 4.00. The zero-order chi connectivity index (χ0) is 26.0. The minimum absolute atomic E-state index is 0.0156. The smallest absolute Gasteiger partial charge is 0.433 e. The summed E-state index contributed by atoms with van der Waals surface area (Å²) in [6.45, 7) is 1.99. The van der Waals surface area contributed by atoms with E-state index in [2.05, 4.69) is 22.1 Å². The van der Waals surface area contributed by atoms with Gasteiger partial charge in [0.2, 0.25) is 5.95 Å². The number of esters is 1. The van der Waals surface area contributed by atoms with Crippen molar-refractivity contribution in [1.82, 2.24) is 24.0 Å². The fourth-order valence-electron chi connectivity index (χ4n) is 4.00. The Hall–Kier alpha value is -4.05. The van der Waals surface area contributed by atoms with Crippen molar-refractivity contribution in [3.63, 3.8) is 0 Å². The van der Waals surface area contributed by atoms with Crippen LogP contribution in [0.3, 0.4) is 0 Å². The summed E-state index contributed by atoms with van der Waals surface area (Å²) in [4.78, 5) is 44.0. The SMILES string of the molecule is CC#CCn1c(N2CCNCC2OC(=O)C(F)(F)F)nc2c1c(=O)n(Cc1ccccc1)c(=O)n2C. The third kappa shape index (κ3) is 4.72. The first-order valence-electron chi connectivity index (χ1n) is 11.0. The number of aromatic nitrogens is 4. The van der Waals surface area contributed by atoms with Crippen LogP contribution in [-0.4, -0.2) is 56.7 Å². The predicted molar refractivity (Wildman–Crippen MR) is 124 cm³/mol. The molecule has 1 atom stereocenters. The highest BCUT2D eigenvalue weighted by Gasteiger charge is 2.44. The summed E-state index contributed by atoms with van der Waals surface area (Å²) < 4.78 is 47.1. The van der Waals surface area contributed by atoms with Crippen LogP contribution in [0.15, 0.2) is 39.9 Å². The van der Waals surface area contributed by atoms with Crippen molar-refractivity contribution in [3.8, 4) is 11.8 Å². The quantitative estimate of drug-likeness (QED) is 0.405. The van der Waals surface area contributed by atoms with E-state index in [-0.39, 0.29) is 43.3 Å². The second-order valence-electron chi connectivity index (χ2n) is 8.07. The number of ether oxygens (including phenoxy) is 1. The Morgan fingerprint density at radius 2 is 1.94 bits per heavy atom. The van der Waals surface area contributed by atoms with Gasteiger partial charge in [-0.2, -0.15) is 18.2 Å². The normalized spacial score (nSPS) is 16.0. The number of imidazole rings is 1. The topological polar surface area (TPSA) is 103 Å². The highest BCUT2D eigenvalue weighted by atomic mass is 19.4. The van der Waals surface area contributed by atoms with E-state index in [0.29, 0.717) is 6.54 Å². The molecule has 0 saturated carbocycles. The molecule has 1 fully saturated rings. The first kappa shape index (κ1) is 25.1. The molecule has 3 heterocycles. The summed E-state index contributed by atoms with van der Waals surface area (Å²) >= 11 is 0. The van der Waals surface area contributed by atoms with Gasteiger partial charge in [-0.3, -0.25) is 18.5 Å². The summed E-state index contributed by atoms with van der Waals surface area (Å²) in [5, 5.41) is 2.88. The van der Waals surface area contributed by atoms with Gasteiger partial charge in [-0.25, -0.2) is 9.59 Å². The van der Waals surface area contributed by atoms with Gasteiger partial charge in [0, 0.05) is 20.1 Å². The number of piperazine rings is 1. The molecule has 1 aliphatic heterocycles. The zero-order valence-electron chi connectivity index (χ0n) is 19.5. The van der Waals surface area contributed by atoms with Gasteiger partial charge in [0.25, 0.3) is 5.56 Å². The average molecular weight is 504 g/mol. The van der Waals surface area contributed by atoms with Crippen LogP contribution >= 0.6 is 0 Å². The van der Waals surface area contributed by atoms with Crippen molar-refractivity contribution >= 4 is 23.1 Å². The Labute approximate surface area is 202 Å². The Balaban J connectivity index is 1.88. The zero-order valence-corrected chi connectivity index (χ0v) is 19.5. The van der Waals surface area contributed by atoms with Crippen molar-refractivity contribution in [2.24, 2.45) is 7.05 Å². The number of halogens is 3. The molecule has 0 aliphatic carbocycles. The van der Waals surface area contributed by atoms with Crippen molar-refractivity contribution in [3.05, 3.63) is 56.7 Å². The predicted octanol–water partition coefficient (Wildman–Crippen LogP) is 0.809. The molecular formula is C23H23F3N6O4. The molecule has 1 unspecified atom stereocenters. The van der Waals surface area contributed by atoms with E-state index in [9.17, 15) is 27.6 Å². The molecule has 36 heavy (non-hydrogen) atoms. The van der Waals surface area contributed by atoms with Crippen LogP contribution in [0.2, 0.25) is 0 Å². The Kier molecular flexibility index (Phi) is 6.89. The molecule has 0 bridgehead atoms. The summed E-state index contributed by atoms with van der Waals surface area (Å²) in [7, 11) is 1.46. The van der Waals surface area contributed by atoms with Crippen molar-refractivity contribution in [1.29, 1.82) is 0 Å². The number of fused-ring (bicyclic) bond motifs is 1. The number of alkyl halides is 3. The van der Waals surface area contributed by atoms with Crippen LogP contribution in [0, 0.1) is 11.8 Å². The van der Waals surface area contributed by atoms with Crippen LogP contribution in [0.4, 0.5) is 19.1 Å². The second kappa shape index (κ2) is 9.90. The molecule has 1 saturated heterocycles. The van der Waals surface area contributed by atoms with Gasteiger partial charge >= 0.3 is 17.8 Å². The number of carbonyl (C=O) groups excluding carboxylic acids is 1. The first-order valence-corrected chi connectivity index (χ1v) is 11.0. The third-order valence-electron chi connectivity index (χ3n) is 5.74. The van der Waals surface area contributed by atoms with E-state index in [0.717, 1.165) is 10.1 Å². The lowest BCUT2D eigenvalue weighted by Gasteiger charge is -2.36. The molecule has 0 radical (unpaired) electrons. The van der Waals surface area contributed by atoms with Gasteiger partial charge in [-0.05, 0) is 12.5 Å². The van der Waals surface area contributed by atoms with Crippen LogP contribution in [0.1, 0.15) is 12.5 Å². The van der Waals surface area contributed by atoms with E-state index in [1.54, 1.807) is 31.2 Å². The molecule has 1 aliphatic rings. The van der Waals surface area contributed by atoms with Crippen LogP contribution in [0.25, 0.3) is 11.2 Å². The number of aryl methyl sites for hydroxylation is 1. The first-order chi connectivity index (χ1) is 17.1. The molecule has 1 aromatic carbocycles. The van der Waals surface area contributed by atoms with E-state index in [1.807, 2.05) is 6.07 Å². The number of nitrogens with one attached hydrogen (secondary N) is 1. The molecule has 1 N–H and O–H groups in total. The molecule has 0 spiro atoms. The molecular weight excluding hydrogens is 481 g/mol. The van der Waals surface area contributed by atoms with Crippen molar-refractivity contribution in [2.45, 2.75) is 32.4 Å². The Morgan fingerprint density at radius 3 is 2.61 bits per heavy atom. The van der Waals surface area contributed by atoms with E-state index < -0.39 is 29.6 Å². The average Bonchev–Trinajstić information content (AvgIpc) is 3.24. The Bertz CT molecular complexity index is 1460. The molecule has 0 amide bonds. The number of rotatable bonds is 5. The highest BCUT2D eigenvalue weighted by Crippen LogP contribution is 2.25. The lowest BCUT2D eigenvalue weighted by Crippen LogP contribution is -2.55. The van der Waals surface area contributed by atoms with Crippen LogP contribution < -0.4 is 21.5 Å². The van der Waals surface area contributed by atoms with Gasteiger partial charge < -0.3 is 15.0 Å². The molecule has 4 rings (SSSR count). The summed E-state index contributed by atoms with van der Waals surface area (Å²) in [6, 6.07) is 8.95. The van der Waals surface area contributed by atoms with Crippen LogP contribution in [0.5, 0.6) is 0 Å². The molecule has 3 aromatic rings. The van der Waals surface area contributed by atoms with E-state index in [4.69, 9.17) is 4.74 Å². The second-order valence-corrected chi connectivity index (χ2v) is 8.07. The highest BCUT2D eigenvalue weighted by molar-refractivity contribution is 5.77. The van der Waals surface area contributed by atoms with Gasteiger partial charge in [-0.15, -0.1) is 5.92 Å². The number of carbonyl (C=O) groups is 1. The summed E-state index contributed by atoms with van der Waals surface area (Å²) in [6.07, 6.45) is -6.52. The standard InChI is InChI=1S/C23H23F3N6O4/c1-3-4-11-31-17-18(29(2)22(35)32(19(17)33)14-15-8-6-5-7-9-15)28-21(31)30-12-10-27-13-16(30)36-20(34)23(24,25)26/h5-9,16,27H,10-14H2,1-2H3.